The number of anilines is 1. The molecule has 1 saturated carbocycles. The molecule has 6 heteroatoms. The molecular formula is C20H31N3O3. The smallest absolute Gasteiger partial charge is 0.239 e. The number of carbonyl (C=O) groups is 2. The molecule has 0 aromatic heterocycles. The number of hydrogen-bond acceptors (Lipinski definition) is 4. The van der Waals surface area contributed by atoms with E-state index in [0.717, 1.165) is 12.8 Å². The highest BCUT2D eigenvalue weighted by molar-refractivity contribution is 5.93. The molecule has 144 valence electrons. The summed E-state index contributed by atoms with van der Waals surface area (Å²) in [7, 11) is 5.28. The molecule has 2 rings (SSSR count). The van der Waals surface area contributed by atoms with Crippen molar-refractivity contribution in [3.63, 3.8) is 0 Å². The van der Waals surface area contributed by atoms with E-state index in [1.165, 1.54) is 19.3 Å². The van der Waals surface area contributed by atoms with E-state index >= 15 is 0 Å². The summed E-state index contributed by atoms with van der Waals surface area (Å²) in [6.07, 6.45) is 5.80. The highest BCUT2D eigenvalue weighted by atomic mass is 16.5. The lowest BCUT2D eigenvalue weighted by atomic mass is 9.94. The third-order valence-electron chi connectivity index (χ3n) is 5.24. The Morgan fingerprint density at radius 2 is 1.92 bits per heavy atom. The van der Waals surface area contributed by atoms with Crippen LogP contribution in [0.2, 0.25) is 0 Å². The minimum Gasteiger partial charge on any atom is -0.497 e. The van der Waals surface area contributed by atoms with Gasteiger partial charge in [-0.3, -0.25) is 14.5 Å². The summed E-state index contributed by atoms with van der Waals surface area (Å²) in [6, 6.07) is 7.22. The average Bonchev–Trinajstić information content (AvgIpc) is 2.66. The molecule has 0 aliphatic heterocycles. The van der Waals surface area contributed by atoms with E-state index < -0.39 is 0 Å². The molecule has 1 aromatic rings. The van der Waals surface area contributed by atoms with Crippen molar-refractivity contribution in [2.45, 2.75) is 51.1 Å². The Morgan fingerprint density at radius 3 is 2.58 bits per heavy atom. The van der Waals surface area contributed by atoms with Gasteiger partial charge in [0, 0.05) is 24.8 Å². The number of rotatable bonds is 7. The topological polar surface area (TPSA) is 61.9 Å². The number of ether oxygens (including phenoxy) is 1. The first-order valence-electron chi connectivity index (χ1n) is 9.33. The van der Waals surface area contributed by atoms with Crippen LogP contribution in [-0.4, -0.2) is 61.4 Å². The van der Waals surface area contributed by atoms with Crippen molar-refractivity contribution in [3.05, 3.63) is 24.3 Å². The molecule has 6 nitrogen and oxygen atoms in total. The first-order chi connectivity index (χ1) is 12.4. The molecule has 0 bridgehead atoms. The molecule has 0 heterocycles. The van der Waals surface area contributed by atoms with E-state index in [9.17, 15) is 9.59 Å². The van der Waals surface area contributed by atoms with Gasteiger partial charge in [-0.05, 0) is 38.9 Å². The number of amides is 2. The van der Waals surface area contributed by atoms with E-state index in [-0.39, 0.29) is 24.4 Å². The standard InChI is InChI=1S/C20H31N3O3/c1-15(20(25)23(3)17-10-6-5-7-11-17)22(2)14-19(24)21-16-9-8-12-18(13-16)26-4/h8-9,12-13,15,17H,5-7,10-11,14H2,1-4H3,(H,21,24)/t15-/m1/s1. The van der Waals surface area contributed by atoms with Gasteiger partial charge >= 0.3 is 0 Å². The Balaban J connectivity index is 1.87. The lowest BCUT2D eigenvalue weighted by Crippen LogP contribution is -2.49. The van der Waals surface area contributed by atoms with Gasteiger partial charge < -0.3 is 15.0 Å². The first-order valence-corrected chi connectivity index (χ1v) is 9.33. The van der Waals surface area contributed by atoms with Gasteiger partial charge in [-0.1, -0.05) is 25.3 Å². The zero-order valence-corrected chi connectivity index (χ0v) is 16.3. The summed E-state index contributed by atoms with van der Waals surface area (Å²) in [5, 5.41) is 2.85. The van der Waals surface area contributed by atoms with Crippen LogP contribution in [0.1, 0.15) is 39.0 Å². The SMILES string of the molecule is COc1cccc(NC(=O)CN(C)[C@H](C)C(=O)N(C)C2CCCCC2)c1. The van der Waals surface area contributed by atoms with Crippen molar-refractivity contribution in [1.82, 2.24) is 9.80 Å². The molecule has 26 heavy (non-hydrogen) atoms. The molecule has 1 N–H and O–H groups in total. The van der Waals surface area contributed by atoms with Crippen molar-refractivity contribution >= 4 is 17.5 Å². The molecule has 0 radical (unpaired) electrons. The zero-order chi connectivity index (χ0) is 19.1. The van der Waals surface area contributed by atoms with Crippen LogP contribution in [0.5, 0.6) is 5.75 Å². The predicted octanol–water partition coefficient (Wildman–Crippen LogP) is 2.75. The molecule has 0 spiro atoms. The van der Waals surface area contributed by atoms with Crippen LogP contribution in [0.15, 0.2) is 24.3 Å². The second-order valence-electron chi connectivity index (χ2n) is 7.11. The highest BCUT2D eigenvalue weighted by Gasteiger charge is 2.28. The highest BCUT2D eigenvalue weighted by Crippen LogP contribution is 2.22. The molecule has 1 aliphatic rings. The van der Waals surface area contributed by atoms with Gasteiger partial charge in [-0.25, -0.2) is 0 Å². The van der Waals surface area contributed by atoms with Gasteiger partial charge in [0.2, 0.25) is 11.8 Å². The van der Waals surface area contributed by atoms with E-state index in [1.807, 2.05) is 44.1 Å². The van der Waals surface area contributed by atoms with Crippen LogP contribution in [0.25, 0.3) is 0 Å². The van der Waals surface area contributed by atoms with Crippen LogP contribution in [-0.2, 0) is 9.59 Å². The fourth-order valence-corrected chi connectivity index (χ4v) is 3.40. The molecule has 1 fully saturated rings. The number of carbonyl (C=O) groups excluding carboxylic acids is 2. The van der Waals surface area contributed by atoms with E-state index in [2.05, 4.69) is 5.32 Å². The van der Waals surface area contributed by atoms with Crippen LogP contribution in [0.4, 0.5) is 5.69 Å². The van der Waals surface area contributed by atoms with Crippen molar-refractivity contribution in [1.29, 1.82) is 0 Å². The molecule has 1 aliphatic carbocycles. The second-order valence-corrected chi connectivity index (χ2v) is 7.11. The maximum absolute atomic E-state index is 12.7. The van der Waals surface area contributed by atoms with Crippen LogP contribution >= 0.6 is 0 Å². The van der Waals surface area contributed by atoms with E-state index in [4.69, 9.17) is 4.74 Å². The average molecular weight is 361 g/mol. The molecule has 0 saturated heterocycles. The molecule has 2 amide bonds. The van der Waals surface area contributed by atoms with Crippen LogP contribution in [0, 0.1) is 0 Å². The summed E-state index contributed by atoms with van der Waals surface area (Å²) in [5.41, 5.74) is 0.682. The minimum absolute atomic E-state index is 0.0774. The fraction of sp³-hybridized carbons (Fsp3) is 0.600. The first kappa shape index (κ1) is 20.2. The summed E-state index contributed by atoms with van der Waals surface area (Å²) in [4.78, 5) is 28.7. The molecular weight excluding hydrogens is 330 g/mol. The normalized spacial score (nSPS) is 16.2. The molecule has 0 unspecified atom stereocenters. The Kier molecular flexibility index (Phi) is 7.45. The third kappa shape index (κ3) is 5.46. The quantitative estimate of drug-likeness (QED) is 0.811. The van der Waals surface area contributed by atoms with Crippen LogP contribution < -0.4 is 10.1 Å². The summed E-state index contributed by atoms with van der Waals surface area (Å²) >= 11 is 0. The fourth-order valence-electron chi connectivity index (χ4n) is 3.40. The van der Waals surface area contributed by atoms with Crippen LogP contribution in [0.3, 0.4) is 0 Å². The predicted molar refractivity (Wildman–Crippen MR) is 103 cm³/mol. The van der Waals surface area contributed by atoms with Crippen molar-refractivity contribution in [2.75, 3.05) is 33.1 Å². The van der Waals surface area contributed by atoms with Crippen molar-refractivity contribution < 1.29 is 14.3 Å². The van der Waals surface area contributed by atoms with E-state index in [1.54, 1.807) is 18.1 Å². The monoisotopic (exact) mass is 361 g/mol. The summed E-state index contributed by atoms with van der Waals surface area (Å²) in [6.45, 7) is 2.02. The van der Waals surface area contributed by atoms with Gasteiger partial charge in [0.25, 0.3) is 0 Å². The van der Waals surface area contributed by atoms with E-state index in [0.29, 0.717) is 17.5 Å². The zero-order valence-electron chi connectivity index (χ0n) is 16.3. The minimum atomic E-state index is -0.335. The lowest BCUT2D eigenvalue weighted by Gasteiger charge is -2.35. The third-order valence-corrected chi connectivity index (χ3v) is 5.24. The van der Waals surface area contributed by atoms with Gasteiger partial charge in [0.05, 0.1) is 19.7 Å². The van der Waals surface area contributed by atoms with Crippen molar-refractivity contribution in [2.24, 2.45) is 0 Å². The maximum atomic E-state index is 12.7. The number of likely N-dealkylation sites (N-methyl/N-ethyl adjacent to an activating group) is 2. The second kappa shape index (κ2) is 9.57. The largest absolute Gasteiger partial charge is 0.497 e. The Hall–Kier alpha value is -2.08. The van der Waals surface area contributed by atoms with Gasteiger partial charge in [-0.2, -0.15) is 0 Å². The Labute approximate surface area is 156 Å². The number of hydrogen-bond donors (Lipinski definition) is 1. The summed E-state index contributed by atoms with van der Waals surface area (Å²) in [5.74, 6) is 0.614. The lowest BCUT2D eigenvalue weighted by molar-refractivity contribution is -0.137. The molecule has 1 atom stereocenters. The Bertz CT molecular complexity index is 614. The van der Waals surface area contributed by atoms with Crippen molar-refractivity contribution in [3.8, 4) is 5.75 Å². The number of nitrogens with one attached hydrogen (secondary N) is 1. The maximum Gasteiger partial charge on any atom is 0.239 e. The number of methoxy groups -OCH3 is 1. The Morgan fingerprint density at radius 1 is 1.23 bits per heavy atom. The number of benzene rings is 1. The summed E-state index contributed by atoms with van der Waals surface area (Å²) < 4.78 is 5.16. The van der Waals surface area contributed by atoms with Gasteiger partial charge in [-0.15, -0.1) is 0 Å². The van der Waals surface area contributed by atoms with Gasteiger partial charge in [0.15, 0.2) is 0 Å². The van der Waals surface area contributed by atoms with Gasteiger partial charge in [0.1, 0.15) is 5.75 Å². The molecule has 1 aromatic carbocycles. The number of nitrogens with zero attached hydrogens (tertiary/aromatic N) is 2.